The Kier molecular flexibility index (Phi) is 36.8. The van der Waals surface area contributed by atoms with Crippen molar-refractivity contribution in [2.45, 2.75) is 308 Å². The monoisotopic (exact) mass is 1070 g/mol. The molecule has 7 N–H and O–H groups in total. The first kappa shape index (κ1) is 67.6. The van der Waals surface area contributed by atoms with E-state index in [1.807, 2.05) is 13.8 Å². The van der Waals surface area contributed by atoms with Crippen molar-refractivity contribution in [3.05, 3.63) is 0 Å². The fourth-order valence-electron chi connectivity index (χ4n) is 10.3. The maximum atomic E-state index is 13.9. The van der Waals surface area contributed by atoms with Crippen LogP contribution in [0.2, 0.25) is 0 Å². The number of hydrogen-bond donors (Lipinski definition) is 7. The van der Waals surface area contributed by atoms with E-state index in [1.165, 1.54) is 122 Å². The number of carbonyl (C=O) groups excluding carboxylic acids is 2. The van der Waals surface area contributed by atoms with Crippen LogP contribution in [0.4, 0.5) is 0 Å². The molecule has 0 spiro atoms. The lowest BCUT2D eigenvalue weighted by Crippen LogP contribution is -2.65. The van der Waals surface area contributed by atoms with E-state index >= 15 is 0 Å². The Labute approximate surface area is 440 Å². The minimum Gasteiger partial charge on any atom is -0.455 e. The lowest BCUT2D eigenvalue weighted by Gasteiger charge is -2.46. The fraction of sp³-hybridized carbons (Fsp3) is 0.964. The number of aliphatic hydroxyl groups excluding tert-OH is 6. The molecule has 0 aromatic rings. The summed E-state index contributed by atoms with van der Waals surface area (Å²) in [5.41, 5.74) is 0. The Morgan fingerprint density at radius 2 is 0.945 bits per heavy atom. The summed E-state index contributed by atoms with van der Waals surface area (Å²) in [5, 5.41) is 64.0. The number of rotatable bonds is 44. The lowest BCUT2D eigenvalue weighted by molar-refractivity contribution is -0.374. The second-order valence-electron chi connectivity index (χ2n) is 21.7. The van der Waals surface area contributed by atoms with Gasteiger partial charge < -0.3 is 54.3 Å². The molecular weight excluding hydrogens is 965 g/mol. The lowest BCUT2D eigenvalue weighted by atomic mass is 9.86. The first-order chi connectivity index (χ1) is 35.0. The Bertz CT molecular complexity index is 1510. The molecule has 0 bridgehead atoms. The van der Waals surface area contributed by atoms with Gasteiger partial charge in [0.1, 0.15) is 30.5 Å². The van der Waals surface area contributed by atoms with Crippen LogP contribution >= 0.6 is 0 Å². The largest absolute Gasteiger partial charge is 0.455 e. The number of esters is 2. The summed E-state index contributed by atoms with van der Waals surface area (Å²) < 4.78 is 66.8. The van der Waals surface area contributed by atoms with Gasteiger partial charge in [-0.05, 0) is 37.5 Å². The zero-order valence-corrected chi connectivity index (χ0v) is 46.6. The average molecular weight is 1070 g/mol. The highest BCUT2D eigenvalue weighted by Crippen LogP contribution is 2.34. The van der Waals surface area contributed by atoms with Crippen molar-refractivity contribution in [1.82, 2.24) is 0 Å². The Morgan fingerprint density at radius 3 is 1.38 bits per heavy atom. The van der Waals surface area contributed by atoms with Crippen molar-refractivity contribution in [3.63, 3.8) is 0 Å². The zero-order valence-electron chi connectivity index (χ0n) is 45.7. The molecule has 14 atom stereocenters. The van der Waals surface area contributed by atoms with Gasteiger partial charge in [0.15, 0.2) is 24.6 Å². The van der Waals surface area contributed by atoms with Crippen LogP contribution in [-0.2, 0) is 47.9 Å². The molecule has 2 fully saturated rings. The number of carbonyl (C=O) groups is 2. The van der Waals surface area contributed by atoms with Gasteiger partial charge in [-0.25, -0.2) is 4.18 Å². The van der Waals surface area contributed by atoms with Crippen molar-refractivity contribution < 1.29 is 81.1 Å². The van der Waals surface area contributed by atoms with Crippen molar-refractivity contribution in [2.75, 3.05) is 13.2 Å². The van der Waals surface area contributed by atoms with Crippen molar-refractivity contribution in [1.29, 1.82) is 0 Å². The molecular formula is C55H104O17S. The maximum Gasteiger partial charge on any atom is 0.397 e. The summed E-state index contributed by atoms with van der Waals surface area (Å²) >= 11 is 0. The SMILES string of the molecule is CCCCCCCCCCCCCCCCC[C@H](O)[C@H](C)C[C@H](C)C[C@@H](C)C(=O)O[C@@H]1[C@@H](O)[C@H](CO)O[C@@H](O[C@H]2O[C@H](CO)[C@@H](O)[C@H](O)[C@H]2OS(=O)(=O)O)[C@H]1OC(=O)CCCCCCCCCCCCCCC. The van der Waals surface area contributed by atoms with Gasteiger partial charge in [0.25, 0.3) is 0 Å². The first-order valence-electron chi connectivity index (χ1n) is 28.9. The van der Waals surface area contributed by atoms with Gasteiger partial charge in [-0.2, -0.15) is 8.42 Å². The first-order valence-corrected chi connectivity index (χ1v) is 30.3. The van der Waals surface area contributed by atoms with Crippen LogP contribution in [0.5, 0.6) is 0 Å². The van der Waals surface area contributed by atoms with Crippen LogP contribution in [0.25, 0.3) is 0 Å². The smallest absolute Gasteiger partial charge is 0.397 e. The second kappa shape index (κ2) is 39.8. The highest BCUT2D eigenvalue weighted by molar-refractivity contribution is 7.80. The third kappa shape index (κ3) is 28.6. The second-order valence-corrected chi connectivity index (χ2v) is 22.7. The standard InChI is InChI=1S/C55H104O17S/c1-6-8-10-12-14-16-18-20-21-23-24-26-28-30-32-34-43(58)41(4)36-40(3)37-42(5)53(63)70-50-48(61)45(39-57)68-55(71-54-51(72-73(64,65)66)49(62)47(60)44(38-56)67-54)52(50)69-46(59)35-33-31-29-27-25-22-19-17-15-13-11-9-7-2/h40-45,47-52,54-58,60-62H,6-39H2,1-5H3,(H,64,65,66)/t40-,41+,42+,43-,44+,45-,47+,48-,49-,50+,51+,52-,54+,55-/m0/s1. The molecule has 2 aliphatic rings. The van der Waals surface area contributed by atoms with Gasteiger partial charge in [-0.1, -0.05) is 208 Å². The molecule has 2 rings (SSSR count). The van der Waals surface area contributed by atoms with E-state index in [-0.39, 0.29) is 18.3 Å². The van der Waals surface area contributed by atoms with Gasteiger partial charge >= 0.3 is 22.3 Å². The summed E-state index contributed by atoms with van der Waals surface area (Å²) in [6, 6.07) is 0. The zero-order chi connectivity index (χ0) is 54.0. The number of ether oxygens (including phenoxy) is 5. The van der Waals surface area contributed by atoms with Crippen molar-refractivity contribution in [3.8, 4) is 0 Å². The molecule has 0 unspecified atom stereocenters. The highest BCUT2D eigenvalue weighted by Gasteiger charge is 2.54. The summed E-state index contributed by atoms with van der Waals surface area (Å²) in [6.45, 7) is 8.37. The van der Waals surface area contributed by atoms with Crippen LogP contribution in [-0.4, -0.2) is 136 Å². The molecule has 432 valence electrons. The minimum absolute atomic E-state index is 0.0208. The summed E-state index contributed by atoms with van der Waals surface area (Å²) in [4.78, 5) is 27.4. The Morgan fingerprint density at radius 1 is 0.534 bits per heavy atom. The predicted molar refractivity (Wildman–Crippen MR) is 279 cm³/mol. The van der Waals surface area contributed by atoms with E-state index in [1.54, 1.807) is 6.92 Å². The van der Waals surface area contributed by atoms with Gasteiger partial charge in [-0.3, -0.25) is 14.1 Å². The molecule has 0 aliphatic carbocycles. The van der Waals surface area contributed by atoms with Crippen LogP contribution in [0.15, 0.2) is 0 Å². The molecule has 0 aromatic heterocycles. The number of unbranched alkanes of at least 4 members (excludes halogenated alkanes) is 26. The van der Waals surface area contributed by atoms with Crippen molar-refractivity contribution >= 4 is 22.3 Å². The van der Waals surface area contributed by atoms with E-state index < -0.39 is 109 Å². The topological polar surface area (TPSA) is 265 Å². The molecule has 2 heterocycles. The van der Waals surface area contributed by atoms with E-state index in [2.05, 4.69) is 18.0 Å². The summed E-state index contributed by atoms with van der Waals surface area (Å²) in [7, 11) is -5.32. The molecule has 0 aromatic carbocycles. The molecule has 17 nitrogen and oxygen atoms in total. The van der Waals surface area contributed by atoms with Gasteiger partial charge in [0, 0.05) is 6.42 Å². The minimum atomic E-state index is -5.32. The molecule has 2 aliphatic heterocycles. The average Bonchev–Trinajstić information content (AvgIpc) is 3.35. The van der Waals surface area contributed by atoms with E-state index in [4.69, 9.17) is 23.7 Å². The van der Waals surface area contributed by atoms with Gasteiger partial charge in [-0.15, -0.1) is 0 Å². The Balaban J connectivity index is 2.03. The maximum absolute atomic E-state index is 13.9. The quantitative estimate of drug-likeness (QED) is 0.0170. The number of hydrogen-bond acceptors (Lipinski definition) is 16. The molecule has 0 amide bonds. The highest BCUT2D eigenvalue weighted by atomic mass is 32.3. The third-order valence-electron chi connectivity index (χ3n) is 14.8. The van der Waals surface area contributed by atoms with E-state index in [0.717, 1.165) is 51.4 Å². The fourth-order valence-corrected chi connectivity index (χ4v) is 10.8. The summed E-state index contributed by atoms with van der Waals surface area (Å²) in [6.07, 6.45) is 16.0. The summed E-state index contributed by atoms with van der Waals surface area (Å²) in [5.74, 6) is -2.32. The van der Waals surface area contributed by atoms with Crippen LogP contribution < -0.4 is 0 Å². The normalized spacial score (nSPS) is 26.3. The van der Waals surface area contributed by atoms with Crippen molar-refractivity contribution in [2.24, 2.45) is 17.8 Å². The van der Waals surface area contributed by atoms with Crippen LogP contribution in [0.1, 0.15) is 240 Å². The van der Waals surface area contributed by atoms with Crippen LogP contribution in [0, 0.1) is 17.8 Å². The molecule has 18 heteroatoms. The van der Waals surface area contributed by atoms with Gasteiger partial charge in [0.2, 0.25) is 6.29 Å². The molecule has 73 heavy (non-hydrogen) atoms. The third-order valence-corrected chi connectivity index (χ3v) is 15.3. The predicted octanol–water partition coefficient (Wildman–Crippen LogP) is 9.32. The Hall–Kier alpha value is -1.55. The van der Waals surface area contributed by atoms with E-state index in [0.29, 0.717) is 25.7 Å². The molecule has 0 saturated carbocycles. The van der Waals surface area contributed by atoms with Crippen LogP contribution in [0.3, 0.4) is 0 Å². The number of aliphatic hydroxyl groups is 6. The van der Waals surface area contributed by atoms with E-state index in [9.17, 15) is 53.2 Å². The van der Waals surface area contributed by atoms with Gasteiger partial charge in [0.05, 0.1) is 25.2 Å². The molecule has 2 saturated heterocycles. The molecule has 0 radical (unpaired) electrons.